The van der Waals surface area contributed by atoms with E-state index in [9.17, 15) is 0 Å². The molecule has 0 aliphatic rings. The van der Waals surface area contributed by atoms with Gasteiger partial charge in [0.25, 0.3) is 0 Å². The molecule has 0 saturated carbocycles. The molecule has 7 aromatic rings. The van der Waals surface area contributed by atoms with Crippen LogP contribution in [0.4, 0.5) is 11.6 Å². The van der Waals surface area contributed by atoms with E-state index in [0.29, 0.717) is 0 Å². The number of anilines is 2. The highest BCUT2D eigenvalue weighted by molar-refractivity contribution is 6.07. The summed E-state index contributed by atoms with van der Waals surface area (Å²) in [7, 11) is 8.10. The summed E-state index contributed by atoms with van der Waals surface area (Å²) >= 11 is 0. The maximum atomic E-state index is 5.19. The number of fused-ring (bicyclic) bond motifs is 6. The number of nitrogens with zero attached hydrogens (tertiary/aromatic N) is 6. The standard InChI is InChI=1S/C38H36N6/c1-21-17-31(39-35-27(21)13-15-29-23(3)19-33(43(5)6)41-37(29)35)25-9-11-26(12-10-25)32-18-22(2)28-14-16-30-24(4)20-34(44(7)8)42-38(30)36(28)40-32/h9-20H,1-8H3. The molecule has 0 N–H and O–H groups in total. The van der Waals surface area contributed by atoms with Gasteiger partial charge in [0, 0.05) is 60.9 Å². The molecule has 0 saturated heterocycles. The summed E-state index contributed by atoms with van der Waals surface area (Å²) in [6.45, 7) is 8.59. The summed E-state index contributed by atoms with van der Waals surface area (Å²) in [6, 6.07) is 25.9. The van der Waals surface area contributed by atoms with Crippen LogP contribution in [0.15, 0.2) is 72.8 Å². The average molecular weight is 577 g/mol. The zero-order valence-corrected chi connectivity index (χ0v) is 26.6. The van der Waals surface area contributed by atoms with Gasteiger partial charge in [0.2, 0.25) is 0 Å². The number of benzene rings is 3. The third-order valence-corrected chi connectivity index (χ3v) is 8.71. The molecule has 7 rings (SSSR count). The smallest absolute Gasteiger partial charge is 0.129 e. The van der Waals surface area contributed by atoms with Crippen molar-refractivity contribution in [1.82, 2.24) is 19.9 Å². The summed E-state index contributed by atoms with van der Waals surface area (Å²) in [4.78, 5) is 24.5. The predicted octanol–water partition coefficient (Wildman–Crippen LogP) is 8.58. The van der Waals surface area contributed by atoms with Crippen molar-refractivity contribution in [3.63, 3.8) is 0 Å². The highest BCUT2D eigenvalue weighted by Gasteiger charge is 2.15. The van der Waals surface area contributed by atoms with Crippen LogP contribution >= 0.6 is 0 Å². The van der Waals surface area contributed by atoms with Crippen LogP contribution in [-0.2, 0) is 0 Å². The maximum Gasteiger partial charge on any atom is 0.129 e. The Balaban J connectivity index is 1.35. The molecule has 0 atom stereocenters. The van der Waals surface area contributed by atoms with E-state index in [2.05, 4.69) is 100 Å². The van der Waals surface area contributed by atoms with Crippen LogP contribution in [-0.4, -0.2) is 48.1 Å². The molecule has 0 aliphatic carbocycles. The van der Waals surface area contributed by atoms with Gasteiger partial charge in [-0.1, -0.05) is 48.5 Å². The highest BCUT2D eigenvalue weighted by Crippen LogP contribution is 2.34. The van der Waals surface area contributed by atoms with E-state index >= 15 is 0 Å². The molecular formula is C38H36N6. The molecule has 44 heavy (non-hydrogen) atoms. The number of hydrogen-bond acceptors (Lipinski definition) is 6. The van der Waals surface area contributed by atoms with Crippen molar-refractivity contribution in [1.29, 1.82) is 0 Å². The summed E-state index contributed by atoms with van der Waals surface area (Å²) in [5, 5.41) is 4.53. The van der Waals surface area contributed by atoms with E-state index in [1.807, 2.05) is 38.0 Å². The summed E-state index contributed by atoms with van der Waals surface area (Å²) in [5.74, 6) is 1.87. The third kappa shape index (κ3) is 4.49. The normalized spacial score (nSPS) is 11.6. The molecule has 6 nitrogen and oxygen atoms in total. The minimum absolute atomic E-state index is 0.936. The SMILES string of the molecule is Cc1cc(-c2ccc(-c3cc(C)c4ccc5c(C)cc(N(C)C)nc5c4n3)cc2)nc2c1ccc1c(C)cc(N(C)C)nc12. The Bertz CT molecular complexity index is 2100. The third-order valence-electron chi connectivity index (χ3n) is 8.71. The molecule has 0 spiro atoms. The van der Waals surface area contributed by atoms with E-state index in [1.54, 1.807) is 0 Å². The lowest BCUT2D eigenvalue weighted by atomic mass is 9.99. The van der Waals surface area contributed by atoms with Gasteiger partial charge in [-0.3, -0.25) is 0 Å². The zero-order chi connectivity index (χ0) is 30.9. The van der Waals surface area contributed by atoms with Gasteiger partial charge >= 0.3 is 0 Å². The molecule has 0 aliphatic heterocycles. The van der Waals surface area contributed by atoms with Crippen molar-refractivity contribution < 1.29 is 0 Å². The van der Waals surface area contributed by atoms with Gasteiger partial charge in [-0.25, -0.2) is 19.9 Å². The van der Waals surface area contributed by atoms with Crippen molar-refractivity contribution in [2.24, 2.45) is 0 Å². The maximum absolute atomic E-state index is 5.19. The largest absolute Gasteiger partial charge is 0.363 e. The Hall–Kier alpha value is -5.10. The minimum atomic E-state index is 0.936. The number of hydrogen-bond donors (Lipinski definition) is 0. The second-order valence-electron chi connectivity index (χ2n) is 12.3. The first-order valence-corrected chi connectivity index (χ1v) is 15.0. The Morgan fingerprint density at radius 3 is 1.00 bits per heavy atom. The first-order valence-electron chi connectivity index (χ1n) is 15.0. The predicted molar refractivity (Wildman–Crippen MR) is 186 cm³/mol. The van der Waals surface area contributed by atoms with Crippen LogP contribution in [0, 0.1) is 27.7 Å². The number of aryl methyl sites for hydroxylation is 4. The molecular weight excluding hydrogens is 540 g/mol. The van der Waals surface area contributed by atoms with Crippen molar-refractivity contribution >= 4 is 55.2 Å². The van der Waals surface area contributed by atoms with Crippen LogP contribution < -0.4 is 9.80 Å². The summed E-state index contributed by atoms with van der Waals surface area (Å²) < 4.78 is 0. The second-order valence-corrected chi connectivity index (χ2v) is 12.3. The number of rotatable bonds is 4. The molecule has 218 valence electrons. The number of pyridine rings is 4. The molecule has 0 radical (unpaired) electrons. The first-order chi connectivity index (χ1) is 21.1. The van der Waals surface area contributed by atoms with Crippen molar-refractivity contribution in [3.05, 3.63) is 95.1 Å². The lowest BCUT2D eigenvalue weighted by molar-refractivity contribution is 1.08. The average Bonchev–Trinajstić information content (AvgIpc) is 3.00. The Kier molecular flexibility index (Phi) is 6.47. The first kappa shape index (κ1) is 27.7. The van der Waals surface area contributed by atoms with E-state index in [0.717, 1.165) is 77.8 Å². The van der Waals surface area contributed by atoms with Gasteiger partial charge in [0.1, 0.15) is 11.6 Å². The van der Waals surface area contributed by atoms with Crippen molar-refractivity contribution in [3.8, 4) is 22.5 Å². The van der Waals surface area contributed by atoms with Crippen LogP contribution in [0.1, 0.15) is 22.3 Å². The fourth-order valence-electron chi connectivity index (χ4n) is 6.16. The number of aromatic nitrogens is 4. The van der Waals surface area contributed by atoms with Gasteiger partial charge in [-0.15, -0.1) is 0 Å². The van der Waals surface area contributed by atoms with Crippen LogP contribution in [0.2, 0.25) is 0 Å². The second kappa shape index (κ2) is 10.3. The molecule has 0 fully saturated rings. The summed E-state index contributed by atoms with van der Waals surface area (Å²) in [6.07, 6.45) is 0. The topological polar surface area (TPSA) is 58.0 Å². The molecule has 0 amide bonds. The van der Waals surface area contributed by atoms with Crippen molar-refractivity contribution in [2.75, 3.05) is 38.0 Å². The van der Waals surface area contributed by atoms with Gasteiger partial charge in [0.15, 0.2) is 0 Å². The van der Waals surface area contributed by atoms with Crippen LogP contribution in [0.25, 0.3) is 66.1 Å². The lowest BCUT2D eigenvalue weighted by Gasteiger charge is -2.16. The van der Waals surface area contributed by atoms with Gasteiger partial charge in [-0.2, -0.15) is 0 Å². The fourth-order valence-corrected chi connectivity index (χ4v) is 6.16. The van der Waals surface area contributed by atoms with Gasteiger partial charge < -0.3 is 9.80 Å². The molecule has 6 heteroatoms. The monoisotopic (exact) mass is 576 g/mol. The van der Waals surface area contributed by atoms with Crippen LogP contribution in [0.5, 0.6) is 0 Å². The Morgan fingerprint density at radius 1 is 0.386 bits per heavy atom. The van der Waals surface area contributed by atoms with Crippen LogP contribution in [0.3, 0.4) is 0 Å². The molecule has 4 heterocycles. The van der Waals surface area contributed by atoms with E-state index in [1.165, 1.54) is 22.3 Å². The Morgan fingerprint density at radius 2 is 0.682 bits per heavy atom. The molecule has 0 bridgehead atoms. The van der Waals surface area contributed by atoms with E-state index < -0.39 is 0 Å². The minimum Gasteiger partial charge on any atom is -0.363 e. The lowest BCUT2D eigenvalue weighted by Crippen LogP contribution is -2.11. The molecule has 0 unspecified atom stereocenters. The fraction of sp³-hybridized carbons (Fsp3) is 0.211. The Labute approximate surface area is 258 Å². The quantitative estimate of drug-likeness (QED) is 0.196. The highest BCUT2D eigenvalue weighted by atomic mass is 15.1. The van der Waals surface area contributed by atoms with Gasteiger partial charge in [0.05, 0.1) is 33.5 Å². The van der Waals surface area contributed by atoms with E-state index in [-0.39, 0.29) is 0 Å². The van der Waals surface area contributed by atoms with Gasteiger partial charge in [-0.05, 0) is 74.2 Å². The molecule has 4 aromatic heterocycles. The molecule has 3 aromatic carbocycles. The zero-order valence-electron chi connectivity index (χ0n) is 26.6. The van der Waals surface area contributed by atoms with E-state index in [4.69, 9.17) is 19.9 Å². The summed E-state index contributed by atoms with van der Waals surface area (Å²) in [5.41, 5.74) is 12.5. The van der Waals surface area contributed by atoms with Crippen molar-refractivity contribution in [2.45, 2.75) is 27.7 Å².